The van der Waals surface area contributed by atoms with E-state index in [1.807, 2.05) is 6.07 Å². The van der Waals surface area contributed by atoms with Gasteiger partial charge in [0.1, 0.15) is 5.69 Å². The summed E-state index contributed by atoms with van der Waals surface area (Å²) >= 11 is 0. The van der Waals surface area contributed by atoms with E-state index in [9.17, 15) is 4.79 Å². The molecular formula is C13H19N3O2. The number of nitrogens with two attached hydrogens (primary N) is 1. The molecule has 1 aliphatic rings. The second kappa shape index (κ2) is 5.82. The summed E-state index contributed by atoms with van der Waals surface area (Å²) in [4.78, 5) is 15.4. The Morgan fingerprint density at radius 1 is 1.44 bits per heavy atom. The first-order valence-electron chi connectivity index (χ1n) is 6.25. The Balaban J connectivity index is 1.99. The van der Waals surface area contributed by atoms with Crippen molar-refractivity contribution < 1.29 is 9.53 Å². The van der Waals surface area contributed by atoms with E-state index >= 15 is 0 Å². The maximum Gasteiger partial charge on any atom is 0.356 e. The van der Waals surface area contributed by atoms with Crippen LogP contribution in [0.25, 0.3) is 0 Å². The average molecular weight is 249 g/mol. The van der Waals surface area contributed by atoms with E-state index in [1.165, 1.54) is 7.11 Å². The van der Waals surface area contributed by atoms with Crippen molar-refractivity contribution >= 4 is 11.7 Å². The van der Waals surface area contributed by atoms with Crippen LogP contribution in [0.1, 0.15) is 36.2 Å². The number of anilines is 1. The van der Waals surface area contributed by atoms with Crippen molar-refractivity contribution in [3.63, 3.8) is 0 Å². The maximum atomic E-state index is 11.4. The molecule has 0 unspecified atom stereocenters. The van der Waals surface area contributed by atoms with Gasteiger partial charge >= 0.3 is 5.97 Å². The van der Waals surface area contributed by atoms with Gasteiger partial charge in [-0.2, -0.15) is 0 Å². The molecule has 0 spiro atoms. The Kier molecular flexibility index (Phi) is 4.15. The van der Waals surface area contributed by atoms with Gasteiger partial charge in [0, 0.05) is 24.0 Å². The monoisotopic (exact) mass is 249 g/mol. The summed E-state index contributed by atoms with van der Waals surface area (Å²) in [6.45, 7) is 0. The fourth-order valence-corrected chi connectivity index (χ4v) is 2.24. The molecule has 5 nitrogen and oxygen atoms in total. The van der Waals surface area contributed by atoms with Crippen LogP contribution in [0.3, 0.4) is 0 Å². The summed E-state index contributed by atoms with van der Waals surface area (Å²) in [5.74, 6) is -0.413. The maximum absolute atomic E-state index is 11.4. The SMILES string of the molecule is COC(=O)c1cc(NC2CCC(N)CC2)ccn1. The summed E-state index contributed by atoms with van der Waals surface area (Å²) < 4.78 is 4.65. The van der Waals surface area contributed by atoms with Gasteiger partial charge in [-0.25, -0.2) is 9.78 Å². The van der Waals surface area contributed by atoms with Crippen LogP contribution in [0, 0.1) is 0 Å². The molecule has 2 rings (SSSR count). The molecule has 1 fully saturated rings. The Morgan fingerprint density at radius 3 is 2.83 bits per heavy atom. The van der Waals surface area contributed by atoms with Crippen molar-refractivity contribution in [1.29, 1.82) is 0 Å². The molecule has 1 aliphatic carbocycles. The summed E-state index contributed by atoms with van der Waals surface area (Å²) in [6.07, 6.45) is 5.84. The molecule has 3 N–H and O–H groups in total. The molecule has 0 saturated heterocycles. The molecule has 0 amide bonds. The predicted molar refractivity (Wildman–Crippen MR) is 69.4 cm³/mol. The van der Waals surface area contributed by atoms with Gasteiger partial charge in [-0.3, -0.25) is 0 Å². The average Bonchev–Trinajstić information content (AvgIpc) is 2.41. The molecule has 0 radical (unpaired) electrons. The van der Waals surface area contributed by atoms with Crippen LogP contribution in [-0.4, -0.2) is 30.1 Å². The zero-order valence-corrected chi connectivity index (χ0v) is 10.6. The third kappa shape index (κ3) is 3.20. The fourth-order valence-electron chi connectivity index (χ4n) is 2.24. The zero-order chi connectivity index (χ0) is 13.0. The van der Waals surface area contributed by atoms with Crippen LogP contribution < -0.4 is 11.1 Å². The second-order valence-corrected chi connectivity index (χ2v) is 4.68. The largest absolute Gasteiger partial charge is 0.464 e. The van der Waals surface area contributed by atoms with Crippen LogP contribution >= 0.6 is 0 Å². The van der Waals surface area contributed by atoms with E-state index in [2.05, 4.69) is 15.0 Å². The Labute approximate surface area is 107 Å². The third-order valence-electron chi connectivity index (χ3n) is 3.30. The van der Waals surface area contributed by atoms with Crippen molar-refractivity contribution in [3.05, 3.63) is 24.0 Å². The topological polar surface area (TPSA) is 77.2 Å². The van der Waals surface area contributed by atoms with Gasteiger partial charge in [0.15, 0.2) is 0 Å². The van der Waals surface area contributed by atoms with Gasteiger partial charge in [-0.1, -0.05) is 0 Å². The van der Waals surface area contributed by atoms with Gasteiger partial charge in [0.25, 0.3) is 0 Å². The number of hydrogen-bond acceptors (Lipinski definition) is 5. The van der Waals surface area contributed by atoms with Gasteiger partial charge < -0.3 is 15.8 Å². The molecule has 1 aromatic rings. The predicted octanol–water partition coefficient (Wildman–Crippen LogP) is 1.55. The van der Waals surface area contributed by atoms with Crippen molar-refractivity contribution in [2.75, 3.05) is 12.4 Å². The molecule has 18 heavy (non-hydrogen) atoms. The highest BCUT2D eigenvalue weighted by Crippen LogP contribution is 2.21. The Bertz CT molecular complexity index is 414. The molecule has 1 saturated carbocycles. The summed E-state index contributed by atoms with van der Waals surface area (Å²) in [6, 6.07) is 4.35. The first kappa shape index (κ1) is 12.8. The van der Waals surface area contributed by atoms with Crippen molar-refractivity contribution in [1.82, 2.24) is 4.98 Å². The standard InChI is InChI=1S/C13H19N3O2/c1-18-13(17)12-8-11(6-7-15-12)16-10-4-2-9(14)3-5-10/h6-10H,2-5,14H2,1H3,(H,15,16). The minimum atomic E-state index is -0.413. The van der Waals surface area contributed by atoms with Gasteiger partial charge in [0.05, 0.1) is 7.11 Å². The van der Waals surface area contributed by atoms with E-state index in [4.69, 9.17) is 5.73 Å². The van der Waals surface area contributed by atoms with E-state index < -0.39 is 5.97 Å². The van der Waals surface area contributed by atoms with Crippen LogP contribution in [0.2, 0.25) is 0 Å². The molecule has 0 aromatic carbocycles. The number of carbonyl (C=O) groups is 1. The molecular weight excluding hydrogens is 230 g/mol. The molecule has 98 valence electrons. The number of carbonyl (C=O) groups excluding carboxylic acids is 1. The highest BCUT2D eigenvalue weighted by Gasteiger charge is 2.18. The highest BCUT2D eigenvalue weighted by atomic mass is 16.5. The van der Waals surface area contributed by atoms with Crippen LogP contribution in [0.15, 0.2) is 18.3 Å². The highest BCUT2D eigenvalue weighted by molar-refractivity contribution is 5.88. The van der Waals surface area contributed by atoms with Gasteiger partial charge in [-0.05, 0) is 37.8 Å². The zero-order valence-electron chi connectivity index (χ0n) is 10.6. The molecule has 1 aromatic heterocycles. The summed E-state index contributed by atoms with van der Waals surface area (Å²) in [7, 11) is 1.35. The third-order valence-corrected chi connectivity index (χ3v) is 3.30. The molecule has 0 bridgehead atoms. The van der Waals surface area contributed by atoms with Crippen molar-refractivity contribution in [2.24, 2.45) is 5.73 Å². The van der Waals surface area contributed by atoms with Gasteiger partial charge in [-0.15, -0.1) is 0 Å². The first-order chi connectivity index (χ1) is 8.69. The lowest BCUT2D eigenvalue weighted by atomic mass is 9.92. The number of pyridine rings is 1. The smallest absolute Gasteiger partial charge is 0.356 e. The minimum Gasteiger partial charge on any atom is -0.464 e. The molecule has 0 aliphatic heterocycles. The van der Waals surface area contributed by atoms with Crippen LogP contribution in [0.5, 0.6) is 0 Å². The van der Waals surface area contributed by atoms with Crippen LogP contribution in [-0.2, 0) is 4.74 Å². The fraction of sp³-hybridized carbons (Fsp3) is 0.538. The van der Waals surface area contributed by atoms with Crippen LogP contribution in [0.4, 0.5) is 5.69 Å². The van der Waals surface area contributed by atoms with Crippen molar-refractivity contribution in [2.45, 2.75) is 37.8 Å². The van der Waals surface area contributed by atoms with E-state index in [-0.39, 0.29) is 0 Å². The number of methoxy groups -OCH3 is 1. The molecule has 5 heteroatoms. The van der Waals surface area contributed by atoms with E-state index in [0.717, 1.165) is 31.4 Å². The first-order valence-corrected chi connectivity index (χ1v) is 6.25. The number of esters is 1. The summed E-state index contributed by atoms with van der Waals surface area (Å²) in [5, 5.41) is 3.42. The minimum absolute atomic E-state index is 0.329. The number of rotatable bonds is 3. The number of hydrogen-bond donors (Lipinski definition) is 2. The van der Waals surface area contributed by atoms with Crippen molar-refractivity contribution in [3.8, 4) is 0 Å². The number of nitrogens with zero attached hydrogens (tertiary/aromatic N) is 1. The van der Waals surface area contributed by atoms with Gasteiger partial charge in [0.2, 0.25) is 0 Å². The normalized spacial score (nSPS) is 23.4. The quantitative estimate of drug-likeness (QED) is 0.795. The summed E-state index contributed by atoms with van der Waals surface area (Å²) in [5.41, 5.74) is 7.11. The Morgan fingerprint density at radius 2 is 2.17 bits per heavy atom. The van der Waals surface area contributed by atoms with E-state index in [0.29, 0.717) is 17.8 Å². The lowest BCUT2D eigenvalue weighted by Gasteiger charge is -2.27. The Hall–Kier alpha value is -1.62. The van der Waals surface area contributed by atoms with E-state index in [1.54, 1.807) is 12.3 Å². The number of nitrogens with one attached hydrogen (secondary N) is 1. The lowest BCUT2D eigenvalue weighted by molar-refractivity contribution is 0.0594. The lowest BCUT2D eigenvalue weighted by Crippen LogP contribution is -2.32. The molecule has 1 heterocycles. The molecule has 0 atom stereocenters. The second-order valence-electron chi connectivity index (χ2n) is 4.68. The number of aromatic nitrogens is 1. The number of ether oxygens (including phenoxy) is 1.